The van der Waals surface area contributed by atoms with E-state index in [-0.39, 0.29) is 5.54 Å². The van der Waals surface area contributed by atoms with Crippen molar-refractivity contribution in [2.75, 3.05) is 33.4 Å². The molecule has 1 unspecified atom stereocenters. The molecule has 0 aromatic rings. The van der Waals surface area contributed by atoms with Crippen molar-refractivity contribution in [1.82, 2.24) is 10.2 Å². The minimum Gasteiger partial charge on any atom is -0.381 e. The van der Waals surface area contributed by atoms with E-state index in [1.807, 2.05) is 0 Å². The third kappa shape index (κ3) is 6.17. The van der Waals surface area contributed by atoms with Crippen molar-refractivity contribution in [2.24, 2.45) is 5.92 Å². The molecule has 0 aliphatic carbocycles. The highest BCUT2D eigenvalue weighted by Gasteiger charge is 2.21. The number of nitrogens with one attached hydrogen (secondary N) is 1. The normalized spacial score (nSPS) is 20.3. The first-order valence-electron chi connectivity index (χ1n) is 7.45. The summed E-state index contributed by atoms with van der Waals surface area (Å²) in [6, 6.07) is 0.645. The molecular weight excluding hydrogens is 224 g/mol. The smallest absolute Gasteiger partial charge is 0.0469 e. The fourth-order valence-corrected chi connectivity index (χ4v) is 2.52. The SMILES string of the molecule is CCC(CNC(C)(C)C)N(C)CC1CCOCC1. The van der Waals surface area contributed by atoms with Crippen LogP contribution in [0.15, 0.2) is 0 Å². The molecule has 0 aromatic carbocycles. The zero-order valence-electron chi connectivity index (χ0n) is 13.0. The molecule has 1 aliphatic rings. The number of nitrogens with zero attached hydrogens (tertiary/aromatic N) is 1. The summed E-state index contributed by atoms with van der Waals surface area (Å²) in [4.78, 5) is 2.54. The molecule has 3 nitrogen and oxygen atoms in total. The van der Waals surface area contributed by atoms with Gasteiger partial charge in [0.15, 0.2) is 0 Å². The second-order valence-corrected chi connectivity index (χ2v) is 6.69. The summed E-state index contributed by atoms with van der Waals surface area (Å²) in [5, 5.41) is 3.62. The number of ether oxygens (including phenoxy) is 1. The molecule has 1 aliphatic heterocycles. The molecule has 1 heterocycles. The van der Waals surface area contributed by atoms with Crippen LogP contribution in [0.4, 0.5) is 0 Å². The maximum atomic E-state index is 5.43. The Morgan fingerprint density at radius 1 is 1.28 bits per heavy atom. The van der Waals surface area contributed by atoms with E-state index in [9.17, 15) is 0 Å². The molecule has 1 N–H and O–H groups in total. The van der Waals surface area contributed by atoms with E-state index in [2.05, 4.69) is 45.0 Å². The Labute approximate surface area is 113 Å². The molecule has 0 spiro atoms. The van der Waals surface area contributed by atoms with Gasteiger partial charge in [0, 0.05) is 37.9 Å². The van der Waals surface area contributed by atoms with E-state index in [4.69, 9.17) is 4.74 Å². The van der Waals surface area contributed by atoms with Gasteiger partial charge >= 0.3 is 0 Å². The third-order valence-electron chi connectivity index (χ3n) is 3.85. The second-order valence-electron chi connectivity index (χ2n) is 6.69. The van der Waals surface area contributed by atoms with Crippen molar-refractivity contribution in [3.8, 4) is 0 Å². The zero-order valence-corrected chi connectivity index (χ0v) is 13.0. The van der Waals surface area contributed by atoms with Gasteiger partial charge in [-0.2, -0.15) is 0 Å². The fraction of sp³-hybridized carbons (Fsp3) is 1.00. The first kappa shape index (κ1) is 15.9. The van der Waals surface area contributed by atoms with Crippen LogP contribution >= 0.6 is 0 Å². The molecule has 0 bridgehead atoms. The molecule has 0 saturated carbocycles. The van der Waals surface area contributed by atoms with Gasteiger partial charge in [-0.1, -0.05) is 6.92 Å². The number of likely N-dealkylation sites (N-methyl/N-ethyl adjacent to an activating group) is 1. The van der Waals surface area contributed by atoms with Crippen LogP contribution in [-0.2, 0) is 4.74 Å². The quantitative estimate of drug-likeness (QED) is 0.790. The average Bonchev–Trinajstić information content (AvgIpc) is 2.29. The molecular formula is C15H32N2O. The predicted octanol–water partition coefficient (Wildman–Crippen LogP) is 2.51. The van der Waals surface area contributed by atoms with Crippen molar-refractivity contribution in [3.05, 3.63) is 0 Å². The van der Waals surface area contributed by atoms with E-state index >= 15 is 0 Å². The van der Waals surface area contributed by atoms with E-state index in [0.29, 0.717) is 6.04 Å². The highest BCUT2D eigenvalue weighted by molar-refractivity contribution is 4.78. The monoisotopic (exact) mass is 256 g/mol. The molecule has 1 atom stereocenters. The van der Waals surface area contributed by atoms with Gasteiger partial charge in [0.2, 0.25) is 0 Å². The summed E-state index contributed by atoms with van der Waals surface area (Å²) < 4.78 is 5.43. The van der Waals surface area contributed by atoms with Gasteiger partial charge in [-0.15, -0.1) is 0 Å². The minimum atomic E-state index is 0.215. The van der Waals surface area contributed by atoms with Crippen LogP contribution in [0.5, 0.6) is 0 Å². The van der Waals surface area contributed by atoms with Crippen LogP contribution < -0.4 is 5.32 Å². The molecule has 1 fully saturated rings. The average molecular weight is 256 g/mol. The Kier molecular flexibility index (Phi) is 6.61. The first-order valence-corrected chi connectivity index (χ1v) is 7.45. The van der Waals surface area contributed by atoms with Crippen molar-refractivity contribution >= 4 is 0 Å². The number of hydrogen-bond acceptors (Lipinski definition) is 3. The molecule has 0 radical (unpaired) electrons. The van der Waals surface area contributed by atoms with Gasteiger partial charge < -0.3 is 15.0 Å². The summed E-state index contributed by atoms with van der Waals surface area (Å²) in [5.41, 5.74) is 0.215. The first-order chi connectivity index (χ1) is 8.42. The van der Waals surface area contributed by atoms with Gasteiger partial charge in [0.25, 0.3) is 0 Å². The summed E-state index contributed by atoms with van der Waals surface area (Å²) in [6.45, 7) is 13.2. The van der Waals surface area contributed by atoms with Gasteiger partial charge in [-0.25, -0.2) is 0 Å². The number of rotatable bonds is 6. The largest absolute Gasteiger partial charge is 0.381 e. The highest BCUT2D eigenvalue weighted by Crippen LogP contribution is 2.17. The molecule has 3 heteroatoms. The van der Waals surface area contributed by atoms with Crippen molar-refractivity contribution in [2.45, 2.75) is 58.5 Å². The Balaban J connectivity index is 2.33. The summed E-state index contributed by atoms with van der Waals surface area (Å²) >= 11 is 0. The molecule has 18 heavy (non-hydrogen) atoms. The molecule has 0 aromatic heterocycles. The van der Waals surface area contributed by atoms with Crippen LogP contribution in [0.1, 0.15) is 47.0 Å². The molecule has 1 saturated heterocycles. The van der Waals surface area contributed by atoms with Crippen LogP contribution in [0.2, 0.25) is 0 Å². The van der Waals surface area contributed by atoms with E-state index in [1.165, 1.54) is 25.8 Å². The number of hydrogen-bond donors (Lipinski definition) is 1. The molecule has 1 rings (SSSR count). The van der Waals surface area contributed by atoms with E-state index < -0.39 is 0 Å². The fourth-order valence-electron chi connectivity index (χ4n) is 2.52. The van der Waals surface area contributed by atoms with Crippen LogP contribution in [0.25, 0.3) is 0 Å². The van der Waals surface area contributed by atoms with Crippen molar-refractivity contribution in [3.63, 3.8) is 0 Å². The third-order valence-corrected chi connectivity index (χ3v) is 3.85. The standard InChI is InChI=1S/C15H32N2O/c1-6-14(11-16-15(2,3)4)17(5)12-13-7-9-18-10-8-13/h13-14,16H,6-12H2,1-5H3. The summed E-state index contributed by atoms with van der Waals surface area (Å²) in [6.07, 6.45) is 3.67. The molecule has 0 amide bonds. The second kappa shape index (κ2) is 7.46. The lowest BCUT2D eigenvalue weighted by Gasteiger charge is -2.34. The lowest BCUT2D eigenvalue weighted by Crippen LogP contribution is -2.47. The van der Waals surface area contributed by atoms with Gasteiger partial charge in [-0.3, -0.25) is 0 Å². The van der Waals surface area contributed by atoms with Crippen molar-refractivity contribution in [1.29, 1.82) is 0 Å². The van der Waals surface area contributed by atoms with E-state index in [0.717, 1.165) is 25.7 Å². The Morgan fingerprint density at radius 3 is 2.39 bits per heavy atom. The maximum absolute atomic E-state index is 5.43. The van der Waals surface area contributed by atoms with Crippen LogP contribution in [-0.4, -0.2) is 49.8 Å². The Bertz CT molecular complexity index is 219. The van der Waals surface area contributed by atoms with Crippen LogP contribution in [0.3, 0.4) is 0 Å². The Morgan fingerprint density at radius 2 is 1.89 bits per heavy atom. The molecule has 108 valence electrons. The lowest BCUT2D eigenvalue weighted by atomic mass is 9.98. The van der Waals surface area contributed by atoms with Gasteiger partial charge in [0.1, 0.15) is 0 Å². The highest BCUT2D eigenvalue weighted by atomic mass is 16.5. The van der Waals surface area contributed by atoms with Gasteiger partial charge in [-0.05, 0) is 53.0 Å². The van der Waals surface area contributed by atoms with E-state index in [1.54, 1.807) is 0 Å². The minimum absolute atomic E-state index is 0.215. The Hall–Kier alpha value is -0.120. The summed E-state index contributed by atoms with van der Waals surface area (Å²) in [7, 11) is 2.27. The predicted molar refractivity (Wildman–Crippen MR) is 78.0 cm³/mol. The topological polar surface area (TPSA) is 24.5 Å². The maximum Gasteiger partial charge on any atom is 0.0469 e. The zero-order chi connectivity index (χ0) is 13.6. The summed E-state index contributed by atoms with van der Waals surface area (Å²) in [5.74, 6) is 0.826. The lowest BCUT2D eigenvalue weighted by molar-refractivity contribution is 0.0495. The van der Waals surface area contributed by atoms with Crippen molar-refractivity contribution < 1.29 is 4.74 Å². The van der Waals surface area contributed by atoms with Gasteiger partial charge in [0.05, 0.1) is 0 Å². The van der Waals surface area contributed by atoms with Crippen LogP contribution in [0, 0.1) is 5.92 Å².